The van der Waals surface area contributed by atoms with Crippen LogP contribution in [0.3, 0.4) is 0 Å². The Labute approximate surface area is 149 Å². The first-order valence-corrected chi connectivity index (χ1v) is 8.06. The molecule has 1 saturated heterocycles. The monoisotopic (exact) mass is 358 g/mol. The maximum Gasteiger partial charge on any atom is 0.338 e. The molecule has 0 spiro atoms. The summed E-state index contributed by atoms with van der Waals surface area (Å²) in [5.41, 5.74) is 0.568. The van der Waals surface area contributed by atoms with Gasteiger partial charge in [0.2, 0.25) is 0 Å². The van der Waals surface area contributed by atoms with E-state index in [0.29, 0.717) is 5.56 Å². The van der Waals surface area contributed by atoms with E-state index in [-0.39, 0.29) is 12.2 Å². The van der Waals surface area contributed by atoms with Crippen molar-refractivity contribution >= 4 is 11.9 Å². The second-order valence-electron chi connectivity index (χ2n) is 5.76. The molecule has 4 atom stereocenters. The largest absolute Gasteiger partial charge is 0.453 e. The van der Waals surface area contributed by atoms with Crippen molar-refractivity contribution in [3.63, 3.8) is 0 Å². The Morgan fingerprint density at radius 2 is 1.35 bits per heavy atom. The van der Waals surface area contributed by atoms with E-state index in [1.165, 1.54) is 12.1 Å². The summed E-state index contributed by atoms with van der Waals surface area (Å²) in [4.78, 5) is 24.3. The van der Waals surface area contributed by atoms with Crippen LogP contribution in [-0.4, -0.2) is 53.4 Å². The van der Waals surface area contributed by atoms with Gasteiger partial charge >= 0.3 is 11.9 Å². The summed E-state index contributed by atoms with van der Waals surface area (Å²) in [5, 5.41) is 20.3. The molecule has 26 heavy (non-hydrogen) atoms. The summed E-state index contributed by atoms with van der Waals surface area (Å²) >= 11 is 0. The molecule has 7 heteroatoms. The number of ether oxygens (including phenoxy) is 3. The fraction of sp³-hybridized carbons (Fsp3) is 0.263. The lowest BCUT2D eigenvalue weighted by Gasteiger charge is -2.36. The summed E-state index contributed by atoms with van der Waals surface area (Å²) in [7, 11) is 0. The zero-order chi connectivity index (χ0) is 18.5. The zero-order valence-electron chi connectivity index (χ0n) is 13.7. The van der Waals surface area contributed by atoms with Crippen molar-refractivity contribution in [3.8, 4) is 0 Å². The quantitative estimate of drug-likeness (QED) is 0.790. The van der Waals surface area contributed by atoms with E-state index >= 15 is 0 Å². The number of aliphatic hydroxyl groups is 2. The Kier molecular flexibility index (Phi) is 5.62. The SMILES string of the molecule is O=C(OC1COC(O)C(OC(=O)c2ccccc2)C1O)c1ccccc1. The van der Waals surface area contributed by atoms with Gasteiger partial charge in [0.05, 0.1) is 17.7 Å². The molecule has 0 aliphatic carbocycles. The highest BCUT2D eigenvalue weighted by Crippen LogP contribution is 2.22. The number of carbonyl (C=O) groups excluding carboxylic acids is 2. The minimum absolute atomic E-state index is 0.222. The summed E-state index contributed by atoms with van der Waals surface area (Å²) in [6.45, 7) is -0.222. The molecule has 3 rings (SSSR count). The number of hydrogen-bond donors (Lipinski definition) is 2. The molecule has 4 unspecified atom stereocenters. The van der Waals surface area contributed by atoms with E-state index in [2.05, 4.69) is 0 Å². The average Bonchev–Trinajstić information content (AvgIpc) is 2.68. The van der Waals surface area contributed by atoms with Crippen molar-refractivity contribution in [1.29, 1.82) is 0 Å². The van der Waals surface area contributed by atoms with Crippen molar-refractivity contribution in [2.75, 3.05) is 6.61 Å². The molecule has 2 aromatic carbocycles. The number of carbonyl (C=O) groups is 2. The van der Waals surface area contributed by atoms with Gasteiger partial charge in [-0.3, -0.25) is 0 Å². The topological polar surface area (TPSA) is 102 Å². The summed E-state index contributed by atoms with van der Waals surface area (Å²) in [5.74, 6) is -1.38. The zero-order valence-corrected chi connectivity index (χ0v) is 13.7. The molecule has 1 aliphatic heterocycles. The summed E-state index contributed by atoms with van der Waals surface area (Å²) in [6.07, 6.45) is -5.42. The van der Waals surface area contributed by atoms with E-state index in [9.17, 15) is 19.8 Å². The molecule has 0 saturated carbocycles. The molecule has 7 nitrogen and oxygen atoms in total. The van der Waals surface area contributed by atoms with Gasteiger partial charge in [-0.15, -0.1) is 0 Å². The molecule has 0 amide bonds. The van der Waals surface area contributed by atoms with Crippen LogP contribution in [0.2, 0.25) is 0 Å². The lowest BCUT2D eigenvalue weighted by atomic mass is 10.0. The van der Waals surface area contributed by atoms with E-state index in [1.54, 1.807) is 48.5 Å². The third kappa shape index (κ3) is 4.08. The minimum Gasteiger partial charge on any atom is -0.453 e. The van der Waals surface area contributed by atoms with Crippen LogP contribution in [0.5, 0.6) is 0 Å². The molecule has 1 aliphatic rings. The highest BCUT2D eigenvalue weighted by molar-refractivity contribution is 5.90. The van der Waals surface area contributed by atoms with Crippen LogP contribution < -0.4 is 0 Å². The lowest BCUT2D eigenvalue weighted by molar-refractivity contribution is -0.251. The van der Waals surface area contributed by atoms with E-state index < -0.39 is 36.5 Å². The average molecular weight is 358 g/mol. The van der Waals surface area contributed by atoms with Crippen LogP contribution >= 0.6 is 0 Å². The number of benzene rings is 2. The second-order valence-corrected chi connectivity index (χ2v) is 5.76. The highest BCUT2D eigenvalue weighted by atomic mass is 16.7. The Morgan fingerprint density at radius 3 is 1.88 bits per heavy atom. The second kappa shape index (κ2) is 8.09. The molecule has 0 aromatic heterocycles. The van der Waals surface area contributed by atoms with Crippen LogP contribution in [0.15, 0.2) is 60.7 Å². The fourth-order valence-electron chi connectivity index (χ4n) is 2.54. The number of hydrogen-bond acceptors (Lipinski definition) is 7. The summed E-state index contributed by atoms with van der Waals surface area (Å²) in [6, 6.07) is 16.4. The van der Waals surface area contributed by atoms with Crippen molar-refractivity contribution in [1.82, 2.24) is 0 Å². The number of aliphatic hydroxyl groups excluding tert-OH is 2. The smallest absolute Gasteiger partial charge is 0.338 e. The molecule has 136 valence electrons. The third-order valence-electron chi connectivity index (χ3n) is 3.95. The molecule has 0 bridgehead atoms. The van der Waals surface area contributed by atoms with Gasteiger partial charge in [0.1, 0.15) is 6.10 Å². The van der Waals surface area contributed by atoms with Gasteiger partial charge in [0, 0.05) is 0 Å². The van der Waals surface area contributed by atoms with Crippen molar-refractivity contribution in [2.24, 2.45) is 0 Å². The van der Waals surface area contributed by atoms with Gasteiger partial charge in [-0.2, -0.15) is 0 Å². The van der Waals surface area contributed by atoms with Gasteiger partial charge < -0.3 is 24.4 Å². The van der Waals surface area contributed by atoms with Crippen molar-refractivity contribution in [2.45, 2.75) is 24.6 Å². The van der Waals surface area contributed by atoms with Gasteiger partial charge in [0.25, 0.3) is 0 Å². The number of esters is 2. The van der Waals surface area contributed by atoms with Crippen LogP contribution in [0.4, 0.5) is 0 Å². The maximum absolute atomic E-state index is 12.1. The molecule has 1 heterocycles. The normalized spacial score (nSPS) is 25.3. The van der Waals surface area contributed by atoms with Crippen LogP contribution in [-0.2, 0) is 14.2 Å². The van der Waals surface area contributed by atoms with Gasteiger partial charge in [-0.05, 0) is 24.3 Å². The molecule has 2 aromatic rings. The summed E-state index contributed by atoms with van der Waals surface area (Å²) < 4.78 is 15.5. The molecule has 2 N–H and O–H groups in total. The predicted octanol–water partition coefficient (Wildman–Crippen LogP) is 1.15. The Bertz CT molecular complexity index is 747. The van der Waals surface area contributed by atoms with E-state index in [1.807, 2.05) is 0 Å². The van der Waals surface area contributed by atoms with Crippen LogP contribution in [0, 0.1) is 0 Å². The lowest BCUT2D eigenvalue weighted by Crippen LogP contribution is -2.56. The first kappa shape index (κ1) is 18.1. The molecular formula is C19H18O7. The van der Waals surface area contributed by atoms with E-state index in [0.717, 1.165) is 0 Å². The Hall–Kier alpha value is -2.74. The minimum atomic E-state index is -1.52. The highest BCUT2D eigenvalue weighted by Gasteiger charge is 2.43. The number of rotatable bonds is 4. The van der Waals surface area contributed by atoms with Gasteiger partial charge in [0.15, 0.2) is 18.5 Å². The third-order valence-corrected chi connectivity index (χ3v) is 3.95. The standard InChI is InChI=1S/C19H18O7/c20-15-14(25-17(21)12-7-3-1-4-8-12)11-24-19(23)16(15)26-18(22)13-9-5-2-6-10-13/h1-10,14-16,19-20,23H,11H2. The van der Waals surface area contributed by atoms with Crippen molar-refractivity contribution < 1.29 is 34.0 Å². The Balaban J connectivity index is 1.67. The van der Waals surface area contributed by atoms with Gasteiger partial charge in [-0.1, -0.05) is 36.4 Å². The van der Waals surface area contributed by atoms with Gasteiger partial charge in [-0.25, -0.2) is 9.59 Å². The first-order chi connectivity index (χ1) is 12.6. The van der Waals surface area contributed by atoms with E-state index in [4.69, 9.17) is 14.2 Å². The first-order valence-electron chi connectivity index (χ1n) is 8.06. The van der Waals surface area contributed by atoms with Crippen LogP contribution in [0.1, 0.15) is 20.7 Å². The maximum atomic E-state index is 12.1. The fourth-order valence-corrected chi connectivity index (χ4v) is 2.54. The molecular weight excluding hydrogens is 340 g/mol. The Morgan fingerprint density at radius 1 is 0.846 bits per heavy atom. The predicted molar refractivity (Wildman–Crippen MR) is 89.3 cm³/mol. The van der Waals surface area contributed by atoms with Crippen LogP contribution in [0.25, 0.3) is 0 Å². The van der Waals surface area contributed by atoms with Crippen molar-refractivity contribution in [3.05, 3.63) is 71.8 Å². The molecule has 0 radical (unpaired) electrons. The molecule has 1 fully saturated rings.